The van der Waals surface area contributed by atoms with Gasteiger partial charge in [0.1, 0.15) is 5.82 Å². The van der Waals surface area contributed by atoms with Gasteiger partial charge in [-0.15, -0.1) is 0 Å². The van der Waals surface area contributed by atoms with Crippen LogP contribution in [0.1, 0.15) is 13.8 Å². The molecule has 0 fully saturated rings. The molecule has 0 saturated heterocycles. The summed E-state index contributed by atoms with van der Waals surface area (Å²) >= 11 is 0. The normalized spacial score (nSPS) is 11.3. The second-order valence-corrected chi connectivity index (χ2v) is 4.60. The first kappa shape index (κ1) is 13.5. The molecule has 0 saturated carbocycles. The summed E-state index contributed by atoms with van der Waals surface area (Å²) in [4.78, 5) is 7.99. The van der Waals surface area contributed by atoms with E-state index in [2.05, 4.69) is 29.1 Å². The van der Waals surface area contributed by atoms with Crippen LogP contribution in [0, 0.1) is 5.41 Å². The predicted octanol–water partition coefficient (Wildman–Crippen LogP) is 1.15. The molecule has 0 aliphatic heterocycles. The van der Waals surface area contributed by atoms with Gasteiger partial charge in [-0.05, 0) is 0 Å². The van der Waals surface area contributed by atoms with Gasteiger partial charge in [0, 0.05) is 25.1 Å². The van der Waals surface area contributed by atoms with Crippen LogP contribution in [0.4, 0.5) is 11.8 Å². The van der Waals surface area contributed by atoms with E-state index in [9.17, 15) is 0 Å². The second kappa shape index (κ2) is 5.67. The van der Waals surface area contributed by atoms with Gasteiger partial charge >= 0.3 is 0 Å². The maximum atomic E-state index is 5.57. The van der Waals surface area contributed by atoms with Crippen molar-refractivity contribution >= 4 is 11.8 Å². The summed E-state index contributed by atoms with van der Waals surface area (Å²) in [7, 11) is 3.23. The van der Waals surface area contributed by atoms with Crippen molar-refractivity contribution < 1.29 is 9.47 Å². The zero-order chi connectivity index (χ0) is 12.9. The number of hydrogen-bond donors (Lipinski definition) is 2. The highest BCUT2D eigenvalue weighted by atomic mass is 16.5. The van der Waals surface area contributed by atoms with Crippen molar-refractivity contribution in [2.24, 2.45) is 5.41 Å². The van der Waals surface area contributed by atoms with E-state index in [1.807, 2.05) is 0 Å². The molecule has 6 nitrogen and oxygen atoms in total. The first-order valence-electron chi connectivity index (χ1n) is 5.38. The van der Waals surface area contributed by atoms with Gasteiger partial charge in [0.25, 0.3) is 0 Å². The molecule has 0 radical (unpaired) electrons. The van der Waals surface area contributed by atoms with Crippen molar-refractivity contribution in [3.05, 3.63) is 6.07 Å². The molecule has 6 heteroatoms. The molecule has 3 N–H and O–H groups in total. The van der Waals surface area contributed by atoms with Gasteiger partial charge < -0.3 is 20.5 Å². The van der Waals surface area contributed by atoms with Crippen molar-refractivity contribution in [3.8, 4) is 5.88 Å². The van der Waals surface area contributed by atoms with Crippen LogP contribution in [-0.2, 0) is 4.74 Å². The number of hydrogen-bond acceptors (Lipinski definition) is 6. The molecule has 0 aromatic carbocycles. The Morgan fingerprint density at radius 3 is 2.65 bits per heavy atom. The van der Waals surface area contributed by atoms with Crippen molar-refractivity contribution in [2.45, 2.75) is 13.8 Å². The SMILES string of the molecule is COCC(C)(C)CNc1cc(OC)nc(N)n1. The highest BCUT2D eigenvalue weighted by molar-refractivity contribution is 5.42. The number of nitrogen functional groups attached to an aromatic ring is 1. The van der Waals surface area contributed by atoms with E-state index in [0.29, 0.717) is 18.3 Å². The molecule has 0 aliphatic rings. The predicted molar refractivity (Wildman–Crippen MR) is 67.1 cm³/mol. The molecule has 0 aliphatic carbocycles. The fraction of sp³-hybridized carbons (Fsp3) is 0.636. The topological polar surface area (TPSA) is 82.3 Å². The number of methoxy groups -OCH3 is 2. The lowest BCUT2D eigenvalue weighted by atomic mass is 9.95. The van der Waals surface area contributed by atoms with E-state index >= 15 is 0 Å². The minimum absolute atomic E-state index is 0.0156. The molecule has 0 spiro atoms. The highest BCUT2D eigenvalue weighted by Gasteiger charge is 2.17. The van der Waals surface area contributed by atoms with Gasteiger partial charge in [-0.2, -0.15) is 9.97 Å². The molecule has 0 bridgehead atoms. The average molecular weight is 240 g/mol. The number of aromatic nitrogens is 2. The van der Waals surface area contributed by atoms with E-state index in [-0.39, 0.29) is 11.4 Å². The molecular formula is C11H20N4O2. The summed E-state index contributed by atoms with van der Waals surface area (Å²) in [6, 6.07) is 1.71. The minimum atomic E-state index is 0.0156. The van der Waals surface area contributed by atoms with Crippen molar-refractivity contribution in [1.29, 1.82) is 0 Å². The standard InChI is InChI=1S/C11H20N4O2/c1-11(2,7-16-3)6-13-8-5-9(17-4)15-10(12)14-8/h5H,6-7H2,1-4H3,(H3,12,13,14,15). The van der Waals surface area contributed by atoms with Crippen LogP contribution >= 0.6 is 0 Å². The molecular weight excluding hydrogens is 220 g/mol. The van der Waals surface area contributed by atoms with Crippen LogP contribution in [-0.4, -0.2) is 37.3 Å². The van der Waals surface area contributed by atoms with Crippen LogP contribution in [0.25, 0.3) is 0 Å². The molecule has 96 valence electrons. The quantitative estimate of drug-likeness (QED) is 0.776. The Labute approximate surface area is 102 Å². The lowest BCUT2D eigenvalue weighted by Gasteiger charge is -2.24. The Kier molecular flexibility index (Phi) is 4.51. The lowest BCUT2D eigenvalue weighted by Crippen LogP contribution is -2.28. The fourth-order valence-electron chi connectivity index (χ4n) is 1.41. The third-order valence-electron chi connectivity index (χ3n) is 2.21. The monoisotopic (exact) mass is 240 g/mol. The molecule has 17 heavy (non-hydrogen) atoms. The zero-order valence-electron chi connectivity index (χ0n) is 10.8. The number of anilines is 2. The van der Waals surface area contributed by atoms with Crippen molar-refractivity contribution in [1.82, 2.24) is 9.97 Å². The number of nitrogens with zero attached hydrogens (tertiary/aromatic N) is 2. The van der Waals surface area contributed by atoms with Crippen LogP contribution in [0.3, 0.4) is 0 Å². The fourth-order valence-corrected chi connectivity index (χ4v) is 1.41. The van der Waals surface area contributed by atoms with Crippen molar-refractivity contribution in [2.75, 3.05) is 38.4 Å². The van der Waals surface area contributed by atoms with Crippen LogP contribution < -0.4 is 15.8 Å². The number of nitrogens with one attached hydrogen (secondary N) is 1. The summed E-state index contributed by atoms with van der Waals surface area (Å²) < 4.78 is 10.2. The summed E-state index contributed by atoms with van der Waals surface area (Å²) in [6.45, 7) is 5.59. The van der Waals surface area contributed by atoms with Gasteiger partial charge in [-0.25, -0.2) is 0 Å². The van der Waals surface area contributed by atoms with Crippen LogP contribution in [0.5, 0.6) is 5.88 Å². The zero-order valence-corrected chi connectivity index (χ0v) is 10.8. The molecule has 0 unspecified atom stereocenters. The Balaban J connectivity index is 2.65. The average Bonchev–Trinajstić information content (AvgIpc) is 2.26. The first-order chi connectivity index (χ1) is 7.96. The summed E-state index contributed by atoms with van der Waals surface area (Å²) in [6.07, 6.45) is 0. The Morgan fingerprint density at radius 2 is 2.06 bits per heavy atom. The van der Waals surface area contributed by atoms with E-state index < -0.39 is 0 Å². The lowest BCUT2D eigenvalue weighted by molar-refractivity contribution is 0.112. The summed E-state index contributed by atoms with van der Waals surface area (Å²) in [5, 5.41) is 3.19. The van der Waals surface area contributed by atoms with E-state index in [4.69, 9.17) is 15.2 Å². The third kappa shape index (κ3) is 4.44. The van der Waals surface area contributed by atoms with Gasteiger partial charge in [0.15, 0.2) is 0 Å². The minimum Gasteiger partial charge on any atom is -0.481 e. The van der Waals surface area contributed by atoms with Gasteiger partial charge in [-0.3, -0.25) is 0 Å². The van der Waals surface area contributed by atoms with Crippen LogP contribution in [0.2, 0.25) is 0 Å². The molecule has 1 heterocycles. The van der Waals surface area contributed by atoms with E-state index in [1.165, 1.54) is 0 Å². The number of ether oxygens (including phenoxy) is 2. The van der Waals surface area contributed by atoms with Crippen LogP contribution in [0.15, 0.2) is 6.07 Å². The Morgan fingerprint density at radius 1 is 1.35 bits per heavy atom. The third-order valence-corrected chi connectivity index (χ3v) is 2.21. The van der Waals surface area contributed by atoms with Gasteiger partial charge in [-0.1, -0.05) is 13.8 Å². The molecule has 1 aromatic heterocycles. The summed E-state index contributed by atoms with van der Waals surface area (Å²) in [5.41, 5.74) is 5.58. The van der Waals surface area contributed by atoms with Gasteiger partial charge in [0.2, 0.25) is 11.8 Å². The smallest absolute Gasteiger partial charge is 0.225 e. The van der Waals surface area contributed by atoms with E-state index in [0.717, 1.165) is 6.54 Å². The maximum Gasteiger partial charge on any atom is 0.225 e. The summed E-state index contributed by atoms with van der Waals surface area (Å²) in [5.74, 6) is 1.29. The first-order valence-corrected chi connectivity index (χ1v) is 5.38. The Hall–Kier alpha value is -1.56. The number of rotatable bonds is 6. The second-order valence-electron chi connectivity index (χ2n) is 4.60. The van der Waals surface area contributed by atoms with Crippen molar-refractivity contribution in [3.63, 3.8) is 0 Å². The van der Waals surface area contributed by atoms with E-state index in [1.54, 1.807) is 20.3 Å². The maximum absolute atomic E-state index is 5.57. The highest BCUT2D eigenvalue weighted by Crippen LogP contribution is 2.18. The largest absolute Gasteiger partial charge is 0.481 e. The molecule has 0 amide bonds. The molecule has 1 aromatic rings. The van der Waals surface area contributed by atoms with Gasteiger partial charge in [0.05, 0.1) is 13.7 Å². The molecule has 0 atom stereocenters. The Bertz CT molecular complexity index is 368. The molecule has 1 rings (SSSR count). The number of nitrogens with two attached hydrogens (primary N) is 1.